The molecular weight excluding hydrogens is 366 g/mol. The fourth-order valence-corrected chi connectivity index (χ4v) is 3.93. The Morgan fingerprint density at radius 2 is 1.72 bits per heavy atom. The highest BCUT2D eigenvalue weighted by Gasteiger charge is 2.23. The zero-order valence-corrected chi connectivity index (χ0v) is 16.8. The number of nitrogens with one attached hydrogen (secondary N) is 1. The second-order valence-corrected chi connectivity index (χ2v) is 7.65. The Hall–Kier alpha value is -2.70. The second-order valence-electron chi connectivity index (χ2n) is 7.65. The number of ether oxygens (including phenoxy) is 1. The fraction of sp³-hybridized carbons (Fsp3) is 0.391. The van der Waals surface area contributed by atoms with E-state index in [1.165, 1.54) is 5.56 Å². The van der Waals surface area contributed by atoms with Gasteiger partial charge in [0.05, 0.1) is 13.2 Å². The summed E-state index contributed by atoms with van der Waals surface area (Å²) >= 11 is 0. The van der Waals surface area contributed by atoms with Crippen molar-refractivity contribution in [2.24, 2.45) is 0 Å². The maximum atomic E-state index is 12.6. The highest BCUT2D eigenvalue weighted by Crippen LogP contribution is 2.28. The van der Waals surface area contributed by atoms with Crippen molar-refractivity contribution in [2.45, 2.75) is 26.4 Å². The summed E-state index contributed by atoms with van der Waals surface area (Å²) in [5.74, 6) is -0.0514. The van der Waals surface area contributed by atoms with Crippen LogP contribution in [-0.2, 0) is 29.0 Å². The number of amides is 2. The predicted molar refractivity (Wildman–Crippen MR) is 112 cm³/mol. The van der Waals surface area contributed by atoms with Gasteiger partial charge < -0.3 is 15.0 Å². The van der Waals surface area contributed by atoms with E-state index in [9.17, 15) is 9.59 Å². The molecule has 2 heterocycles. The standard InChI is InChI=1S/C23H27N3O3/c1-17(27)26-9-8-20-14-21(6-7-22(20)26)23(28)24-15-18-2-4-19(5-3-18)16-25-10-12-29-13-11-25/h2-7,14H,8-13,15-16H2,1H3,(H,24,28). The van der Waals surface area contributed by atoms with Crippen molar-refractivity contribution in [3.8, 4) is 0 Å². The number of benzene rings is 2. The van der Waals surface area contributed by atoms with E-state index in [-0.39, 0.29) is 11.8 Å². The molecule has 6 nitrogen and oxygen atoms in total. The van der Waals surface area contributed by atoms with Crippen molar-refractivity contribution in [1.82, 2.24) is 10.2 Å². The lowest BCUT2D eigenvalue weighted by Gasteiger charge is -2.26. The molecule has 0 unspecified atom stereocenters. The monoisotopic (exact) mass is 393 g/mol. The maximum absolute atomic E-state index is 12.6. The first-order valence-electron chi connectivity index (χ1n) is 10.2. The van der Waals surface area contributed by atoms with Crippen molar-refractivity contribution < 1.29 is 14.3 Å². The number of hydrogen-bond acceptors (Lipinski definition) is 4. The van der Waals surface area contributed by atoms with Gasteiger partial charge in [-0.25, -0.2) is 0 Å². The van der Waals surface area contributed by atoms with Crippen LogP contribution in [0.25, 0.3) is 0 Å². The number of morpholine rings is 1. The number of carbonyl (C=O) groups is 2. The van der Waals surface area contributed by atoms with E-state index < -0.39 is 0 Å². The van der Waals surface area contributed by atoms with Crippen LogP contribution in [0, 0.1) is 0 Å². The zero-order chi connectivity index (χ0) is 20.2. The Morgan fingerprint density at radius 3 is 2.45 bits per heavy atom. The number of carbonyl (C=O) groups excluding carboxylic acids is 2. The lowest BCUT2D eigenvalue weighted by Crippen LogP contribution is -2.35. The van der Waals surface area contributed by atoms with Crippen molar-refractivity contribution >= 4 is 17.5 Å². The van der Waals surface area contributed by atoms with Crippen LogP contribution in [0.4, 0.5) is 5.69 Å². The minimum Gasteiger partial charge on any atom is -0.379 e. The third-order valence-corrected chi connectivity index (χ3v) is 5.60. The molecule has 1 N–H and O–H groups in total. The van der Waals surface area contributed by atoms with Crippen LogP contribution in [0.1, 0.15) is 34.0 Å². The van der Waals surface area contributed by atoms with Crippen LogP contribution in [0.2, 0.25) is 0 Å². The Kier molecular flexibility index (Phi) is 5.92. The van der Waals surface area contributed by atoms with Crippen LogP contribution in [0.5, 0.6) is 0 Å². The number of hydrogen-bond donors (Lipinski definition) is 1. The van der Waals surface area contributed by atoms with Crippen LogP contribution in [-0.4, -0.2) is 49.6 Å². The van der Waals surface area contributed by atoms with Gasteiger partial charge >= 0.3 is 0 Å². The number of nitrogens with zero attached hydrogens (tertiary/aromatic N) is 2. The quantitative estimate of drug-likeness (QED) is 0.847. The molecule has 2 aromatic carbocycles. The molecular formula is C23H27N3O3. The minimum atomic E-state index is -0.0912. The van der Waals surface area contributed by atoms with Crippen LogP contribution in [0.15, 0.2) is 42.5 Å². The summed E-state index contributed by atoms with van der Waals surface area (Å²) < 4.78 is 5.39. The van der Waals surface area contributed by atoms with Gasteiger partial charge in [0.1, 0.15) is 0 Å². The van der Waals surface area contributed by atoms with Gasteiger partial charge in [0.15, 0.2) is 0 Å². The summed E-state index contributed by atoms with van der Waals surface area (Å²) in [5.41, 5.74) is 4.96. The normalized spacial score (nSPS) is 16.5. The average Bonchev–Trinajstić information content (AvgIpc) is 3.17. The third kappa shape index (κ3) is 4.66. The molecule has 2 aliphatic rings. The van der Waals surface area contributed by atoms with Gasteiger partial charge in [-0.3, -0.25) is 14.5 Å². The SMILES string of the molecule is CC(=O)N1CCc2cc(C(=O)NCc3ccc(CN4CCOCC4)cc3)ccc21. The molecule has 2 amide bonds. The maximum Gasteiger partial charge on any atom is 0.251 e. The predicted octanol–water partition coefficient (Wildman–Crippen LogP) is 2.36. The molecule has 0 aromatic heterocycles. The molecule has 2 aliphatic heterocycles. The summed E-state index contributed by atoms with van der Waals surface area (Å²) in [4.78, 5) is 28.4. The second kappa shape index (κ2) is 8.76. The molecule has 2 aromatic rings. The smallest absolute Gasteiger partial charge is 0.251 e. The summed E-state index contributed by atoms with van der Waals surface area (Å²) in [7, 11) is 0. The number of fused-ring (bicyclic) bond motifs is 1. The van der Waals surface area contributed by atoms with E-state index in [1.807, 2.05) is 12.1 Å². The lowest BCUT2D eigenvalue weighted by molar-refractivity contribution is -0.116. The van der Waals surface area contributed by atoms with Gasteiger partial charge in [-0.2, -0.15) is 0 Å². The first kappa shape index (κ1) is 19.6. The Bertz CT molecular complexity index is 889. The summed E-state index contributed by atoms with van der Waals surface area (Å²) in [6.07, 6.45) is 0.792. The molecule has 0 saturated carbocycles. The van der Waals surface area contributed by atoms with Crippen LogP contribution < -0.4 is 10.2 Å². The third-order valence-electron chi connectivity index (χ3n) is 5.60. The molecule has 4 rings (SSSR count). The van der Waals surface area contributed by atoms with E-state index in [1.54, 1.807) is 17.9 Å². The van der Waals surface area contributed by atoms with E-state index in [4.69, 9.17) is 4.74 Å². The van der Waals surface area contributed by atoms with E-state index >= 15 is 0 Å². The van der Waals surface area contributed by atoms with Crippen molar-refractivity contribution in [3.63, 3.8) is 0 Å². The van der Waals surface area contributed by atoms with Crippen molar-refractivity contribution in [1.29, 1.82) is 0 Å². The highest BCUT2D eigenvalue weighted by molar-refractivity contribution is 5.97. The van der Waals surface area contributed by atoms with E-state index in [0.717, 1.165) is 56.1 Å². The van der Waals surface area contributed by atoms with Gasteiger partial charge in [0.25, 0.3) is 5.91 Å². The number of anilines is 1. The van der Waals surface area contributed by atoms with Crippen LogP contribution >= 0.6 is 0 Å². The molecule has 0 atom stereocenters. The van der Waals surface area contributed by atoms with E-state index in [2.05, 4.69) is 34.5 Å². The van der Waals surface area contributed by atoms with Gasteiger partial charge in [-0.05, 0) is 41.3 Å². The van der Waals surface area contributed by atoms with Gasteiger partial charge in [0, 0.05) is 50.9 Å². The van der Waals surface area contributed by atoms with E-state index in [0.29, 0.717) is 18.7 Å². The lowest BCUT2D eigenvalue weighted by atomic mass is 10.1. The summed E-state index contributed by atoms with van der Waals surface area (Å²) in [6.45, 7) is 7.24. The van der Waals surface area contributed by atoms with Gasteiger partial charge in [-0.1, -0.05) is 24.3 Å². The van der Waals surface area contributed by atoms with Gasteiger partial charge in [-0.15, -0.1) is 0 Å². The molecule has 1 fully saturated rings. The average molecular weight is 393 g/mol. The zero-order valence-electron chi connectivity index (χ0n) is 16.8. The summed E-state index contributed by atoms with van der Waals surface area (Å²) in [5, 5.41) is 2.99. The molecule has 1 saturated heterocycles. The summed E-state index contributed by atoms with van der Waals surface area (Å²) in [6, 6.07) is 14.0. The molecule has 6 heteroatoms. The topological polar surface area (TPSA) is 61.9 Å². The highest BCUT2D eigenvalue weighted by atomic mass is 16.5. The molecule has 0 spiro atoms. The molecule has 29 heavy (non-hydrogen) atoms. The Balaban J connectivity index is 1.32. The molecule has 0 bridgehead atoms. The first-order chi connectivity index (χ1) is 14.1. The first-order valence-corrected chi connectivity index (χ1v) is 10.2. The number of rotatable bonds is 5. The van der Waals surface area contributed by atoms with Crippen molar-refractivity contribution in [2.75, 3.05) is 37.7 Å². The molecule has 0 radical (unpaired) electrons. The Morgan fingerprint density at radius 1 is 1.00 bits per heavy atom. The van der Waals surface area contributed by atoms with Crippen LogP contribution in [0.3, 0.4) is 0 Å². The van der Waals surface area contributed by atoms with Crippen molar-refractivity contribution in [3.05, 3.63) is 64.7 Å². The van der Waals surface area contributed by atoms with Gasteiger partial charge in [0.2, 0.25) is 5.91 Å². The fourth-order valence-electron chi connectivity index (χ4n) is 3.93. The molecule has 152 valence electrons. The Labute approximate surface area is 171 Å². The molecule has 0 aliphatic carbocycles. The minimum absolute atomic E-state index is 0.0398. The largest absolute Gasteiger partial charge is 0.379 e.